The van der Waals surface area contributed by atoms with Gasteiger partial charge in [0.15, 0.2) is 0 Å². The van der Waals surface area contributed by atoms with Gasteiger partial charge in [-0.15, -0.1) is 0 Å². The molecular formula is C7H15NO3S. The van der Waals surface area contributed by atoms with Gasteiger partial charge in [-0.2, -0.15) is 4.31 Å². The monoisotopic (exact) mass is 193 g/mol. The second kappa shape index (κ2) is 3.72. The van der Waals surface area contributed by atoms with Crippen LogP contribution >= 0.6 is 0 Å². The molecule has 0 aromatic carbocycles. The zero-order valence-corrected chi connectivity index (χ0v) is 8.30. The van der Waals surface area contributed by atoms with E-state index in [0.717, 1.165) is 6.42 Å². The van der Waals surface area contributed by atoms with Crippen molar-refractivity contribution < 1.29 is 13.2 Å². The number of sulfonamides is 1. The van der Waals surface area contributed by atoms with Crippen LogP contribution in [-0.4, -0.2) is 44.8 Å². The Morgan fingerprint density at radius 3 is 2.67 bits per heavy atom. The molecule has 0 aromatic heterocycles. The summed E-state index contributed by atoms with van der Waals surface area (Å²) in [4.78, 5) is 0. The lowest BCUT2D eigenvalue weighted by atomic mass is 10.2. The molecule has 0 radical (unpaired) electrons. The van der Waals surface area contributed by atoms with Crippen molar-refractivity contribution in [2.24, 2.45) is 0 Å². The minimum atomic E-state index is -3.05. The Kier molecular flexibility index (Phi) is 3.09. The summed E-state index contributed by atoms with van der Waals surface area (Å²) < 4.78 is 29.1. The van der Waals surface area contributed by atoms with Gasteiger partial charge < -0.3 is 4.74 Å². The highest BCUT2D eigenvalue weighted by Gasteiger charge is 2.24. The molecule has 1 fully saturated rings. The molecule has 1 aliphatic rings. The van der Waals surface area contributed by atoms with Crippen LogP contribution in [0, 0.1) is 0 Å². The van der Waals surface area contributed by atoms with Crippen molar-refractivity contribution in [3.63, 3.8) is 0 Å². The Bertz CT molecular complexity index is 237. The predicted octanol–water partition coefficient (Wildman–Crippen LogP) is 0.0568. The largest absolute Gasteiger partial charge is 0.380 e. The minimum Gasteiger partial charge on any atom is -0.380 e. The first-order chi connectivity index (χ1) is 5.52. The third-order valence-electron chi connectivity index (χ3n) is 2.05. The lowest BCUT2D eigenvalue weighted by Crippen LogP contribution is -2.38. The molecule has 0 N–H and O–H groups in total. The maximum atomic E-state index is 11.2. The van der Waals surface area contributed by atoms with Gasteiger partial charge >= 0.3 is 0 Å². The van der Waals surface area contributed by atoms with E-state index in [2.05, 4.69) is 0 Å². The highest BCUT2D eigenvalue weighted by molar-refractivity contribution is 7.88. The summed E-state index contributed by atoms with van der Waals surface area (Å²) in [6.45, 7) is 3.57. The second-order valence-corrected chi connectivity index (χ2v) is 5.06. The smallest absolute Gasteiger partial charge is 0.211 e. The first-order valence-corrected chi connectivity index (χ1v) is 5.91. The van der Waals surface area contributed by atoms with Crippen LogP contribution in [0.2, 0.25) is 0 Å². The zero-order valence-electron chi connectivity index (χ0n) is 7.49. The van der Waals surface area contributed by atoms with Crippen molar-refractivity contribution >= 4 is 10.0 Å². The van der Waals surface area contributed by atoms with Crippen molar-refractivity contribution in [3.8, 4) is 0 Å². The summed E-state index contributed by atoms with van der Waals surface area (Å²) in [6, 6.07) is 0.0718. The fraction of sp³-hybridized carbons (Fsp3) is 1.00. The quantitative estimate of drug-likeness (QED) is 0.591. The Labute approximate surface area is 73.6 Å². The van der Waals surface area contributed by atoms with E-state index < -0.39 is 10.0 Å². The van der Waals surface area contributed by atoms with E-state index in [0.29, 0.717) is 19.8 Å². The number of hydrogen-bond acceptors (Lipinski definition) is 3. The average molecular weight is 193 g/mol. The van der Waals surface area contributed by atoms with Crippen LogP contribution in [0.25, 0.3) is 0 Å². The van der Waals surface area contributed by atoms with Gasteiger partial charge in [-0.25, -0.2) is 8.42 Å². The molecule has 0 amide bonds. The molecule has 1 unspecified atom stereocenters. The summed E-state index contributed by atoms with van der Waals surface area (Å²) in [5.41, 5.74) is 0. The van der Waals surface area contributed by atoms with Crippen molar-refractivity contribution in [1.29, 1.82) is 0 Å². The van der Waals surface area contributed by atoms with Gasteiger partial charge in [0.2, 0.25) is 10.0 Å². The molecule has 1 saturated heterocycles. The Hall–Kier alpha value is -0.130. The van der Waals surface area contributed by atoms with E-state index in [-0.39, 0.29) is 6.04 Å². The SMILES string of the molecule is CC1CCOCCN1S(C)(=O)=O. The first kappa shape index (κ1) is 9.95. The van der Waals surface area contributed by atoms with Crippen molar-refractivity contribution in [1.82, 2.24) is 4.31 Å². The number of ether oxygens (including phenoxy) is 1. The van der Waals surface area contributed by atoms with Crippen LogP contribution in [0.1, 0.15) is 13.3 Å². The predicted molar refractivity (Wildman–Crippen MR) is 46.4 cm³/mol. The maximum Gasteiger partial charge on any atom is 0.211 e. The molecule has 1 atom stereocenters. The van der Waals surface area contributed by atoms with E-state index in [9.17, 15) is 8.42 Å². The minimum absolute atomic E-state index is 0.0718. The highest BCUT2D eigenvalue weighted by Crippen LogP contribution is 2.11. The van der Waals surface area contributed by atoms with Gasteiger partial charge in [-0.3, -0.25) is 0 Å². The normalized spacial score (nSPS) is 28.3. The maximum absolute atomic E-state index is 11.2. The van der Waals surface area contributed by atoms with Gasteiger partial charge in [-0.05, 0) is 13.3 Å². The molecule has 1 rings (SSSR count). The topological polar surface area (TPSA) is 46.6 Å². The van der Waals surface area contributed by atoms with Crippen LogP contribution in [0.3, 0.4) is 0 Å². The lowest BCUT2D eigenvalue weighted by Gasteiger charge is -2.23. The second-order valence-electron chi connectivity index (χ2n) is 3.12. The van der Waals surface area contributed by atoms with E-state index >= 15 is 0 Å². The van der Waals surface area contributed by atoms with E-state index in [4.69, 9.17) is 4.74 Å². The number of hydrogen-bond donors (Lipinski definition) is 0. The fourth-order valence-corrected chi connectivity index (χ4v) is 2.53. The Morgan fingerprint density at radius 2 is 2.08 bits per heavy atom. The molecule has 4 nitrogen and oxygen atoms in total. The number of nitrogens with zero attached hydrogens (tertiary/aromatic N) is 1. The first-order valence-electron chi connectivity index (χ1n) is 4.06. The summed E-state index contributed by atoms with van der Waals surface area (Å²) in [5.74, 6) is 0. The molecule has 0 saturated carbocycles. The zero-order chi connectivity index (χ0) is 9.19. The van der Waals surface area contributed by atoms with Crippen LogP contribution in [0.5, 0.6) is 0 Å². The molecule has 0 bridgehead atoms. The third kappa shape index (κ3) is 2.43. The molecule has 0 spiro atoms. The van der Waals surface area contributed by atoms with Gasteiger partial charge in [0.25, 0.3) is 0 Å². The average Bonchev–Trinajstić information content (AvgIpc) is 2.11. The van der Waals surface area contributed by atoms with E-state index in [1.54, 1.807) is 0 Å². The van der Waals surface area contributed by atoms with Crippen LogP contribution in [0.4, 0.5) is 0 Å². The van der Waals surface area contributed by atoms with Crippen LogP contribution < -0.4 is 0 Å². The molecule has 0 aromatic rings. The van der Waals surface area contributed by atoms with Crippen LogP contribution in [-0.2, 0) is 14.8 Å². The van der Waals surface area contributed by atoms with Gasteiger partial charge in [0.1, 0.15) is 0 Å². The third-order valence-corrected chi connectivity index (χ3v) is 3.45. The Morgan fingerprint density at radius 1 is 1.42 bits per heavy atom. The molecular weight excluding hydrogens is 178 g/mol. The standard InChI is InChI=1S/C7H15NO3S/c1-7-3-5-11-6-4-8(7)12(2,9)10/h7H,3-6H2,1-2H3. The van der Waals surface area contributed by atoms with Gasteiger partial charge in [-0.1, -0.05) is 0 Å². The van der Waals surface area contributed by atoms with E-state index in [1.807, 2.05) is 6.92 Å². The van der Waals surface area contributed by atoms with Crippen LogP contribution in [0.15, 0.2) is 0 Å². The number of rotatable bonds is 1. The van der Waals surface area contributed by atoms with Gasteiger partial charge in [0, 0.05) is 19.2 Å². The molecule has 72 valence electrons. The molecule has 1 heterocycles. The van der Waals surface area contributed by atoms with Gasteiger partial charge in [0.05, 0.1) is 12.9 Å². The fourth-order valence-electron chi connectivity index (χ4n) is 1.37. The van der Waals surface area contributed by atoms with Crippen molar-refractivity contribution in [2.45, 2.75) is 19.4 Å². The molecule has 5 heteroatoms. The molecule has 12 heavy (non-hydrogen) atoms. The lowest BCUT2D eigenvalue weighted by molar-refractivity contribution is 0.148. The molecule has 0 aliphatic carbocycles. The van der Waals surface area contributed by atoms with Crippen molar-refractivity contribution in [3.05, 3.63) is 0 Å². The van der Waals surface area contributed by atoms with Crippen molar-refractivity contribution in [2.75, 3.05) is 26.0 Å². The highest BCUT2D eigenvalue weighted by atomic mass is 32.2. The molecule has 1 aliphatic heterocycles. The Balaban J connectivity index is 2.72. The summed E-state index contributed by atoms with van der Waals surface area (Å²) in [6.07, 6.45) is 2.03. The van der Waals surface area contributed by atoms with E-state index in [1.165, 1.54) is 10.6 Å². The summed E-state index contributed by atoms with van der Waals surface area (Å²) in [5, 5.41) is 0. The summed E-state index contributed by atoms with van der Waals surface area (Å²) in [7, 11) is -3.05. The summed E-state index contributed by atoms with van der Waals surface area (Å²) >= 11 is 0.